The lowest BCUT2D eigenvalue weighted by atomic mass is 9.84. The van der Waals surface area contributed by atoms with Crippen LogP contribution in [0.4, 0.5) is 0 Å². The molecule has 0 saturated carbocycles. The van der Waals surface area contributed by atoms with Gasteiger partial charge in [0.15, 0.2) is 21.8 Å². The fourth-order valence-electron chi connectivity index (χ4n) is 4.56. The zero-order valence-corrected chi connectivity index (χ0v) is 19.8. The van der Waals surface area contributed by atoms with Crippen molar-refractivity contribution in [2.75, 3.05) is 0 Å². The van der Waals surface area contributed by atoms with E-state index >= 15 is 0 Å². The van der Waals surface area contributed by atoms with Crippen molar-refractivity contribution >= 4 is 32.5 Å². The molecule has 0 fully saturated rings. The highest BCUT2D eigenvalue weighted by Crippen LogP contribution is 2.48. The second-order valence-corrected chi connectivity index (χ2v) is 9.13. The smallest absolute Gasteiger partial charge is 0.344 e. The number of nitrogens with zero attached hydrogens (tertiary/aromatic N) is 4. The number of hydrogen-bond donors (Lipinski definition) is 0. The van der Waals surface area contributed by atoms with Crippen LogP contribution in [0, 0.1) is 6.92 Å². The summed E-state index contributed by atoms with van der Waals surface area (Å²) in [5.41, 5.74) is 3.54. The number of halogens is 1. The number of aromatic nitrogens is 4. The molecule has 8 nitrogen and oxygen atoms in total. The van der Waals surface area contributed by atoms with Crippen molar-refractivity contribution in [2.24, 2.45) is 0 Å². The van der Waals surface area contributed by atoms with E-state index in [2.05, 4.69) is 26.0 Å². The standard InChI is InChI=1S/C26H15BrN4O4/c1-13-6-8-14(9-7-13)19-20-22(15-4-2-3-5-16(15)34-26(20)32)35-25-21(19)24-29-23(30-31(24)12-28-25)17-10-11-18(27)33-17/h2-12,19H,1H3. The molecule has 1 unspecified atom stereocenters. The lowest BCUT2D eigenvalue weighted by Crippen LogP contribution is -2.22. The molecule has 7 rings (SSSR count). The Bertz CT molecular complexity index is 1830. The Labute approximate surface area is 205 Å². The summed E-state index contributed by atoms with van der Waals surface area (Å²) < 4.78 is 19.8. The molecule has 0 bridgehead atoms. The third kappa shape index (κ3) is 3.05. The zero-order valence-electron chi connectivity index (χ0n) is 18.2. The van der Waals surface area contributed by atoms with Gasteiger partial charge in [-0.3, -0.25) is 0 Å². The van der Waals surface area contributed by atoms with Gasteiger partial charge in [0.2, 0.25) is 11.7 Å². The lowest BCUT2D eigenvalue weighted by Gasteiger charge is -2.27. The van der Waals surface area contributed by atoms with Gasteiger partial charge in [-0.05, 0) is 52.7 Å². The molecule has 0 aliphatic carbocycles. The molecule has 0 spiro atoms. The van der Waals surface area contributed by atoms with Crippen LogP contribution in [0.25, 0.3) is 28.2 Å². The fraction of sp³-hybridized carbons (Fsp3) is 0.0769. The minimum atomic E-state index is -0.521. The van der Waals surface area contributed by atoms with E-state index in [0.29, 0.717) is 55.6 Å². The van der Waals surface area contributed by atoms with E-state index in [1.54, 1.807) is 29.0 Å². The summed E-state index contributed by atoms with van der Waals surface area (Å²) in [7, 11) is 0. The van der Waals surface area contributed by atoms with Gasteiger partial charge in [-0.15, -0.1) is 5.10 Å². The summed E-state index contributed by atoms with van der Waals surface area (Å²) in [6.45, 7) is 2.02. The normalized spacial score (nSPS) is 14.6. The first-order valence-corrected chi connectivity index (χ1v) is 11.7. The number of hydrogen-bond acceptors (Lipinski definition) is 7. The lowest BCUT2D eigenvalue weighted by molar-refractivity contribution is 0.422. The molecule has 0 saturated heterocycles. The average Bonchev–Trinajstić information content (AvgIpc) is 3.50. The third-order valence-electron chi connectivity index (χ3n) is 6.17. The van der Waals surface area contributed by atoms with E-state index < -0.39 is 11.5 Å². The highest BCUT2D eigenvalue weighted by atomic mass is 79.9. The first-order valence-electron chi connectivity index (χ1n) is 10.9. The summed E-state index contributed by atoms with van der Waals surface area (Å²) in [5.74, 6) is 1.19. The quantitative estimate of drug-likeness (QED) is 0.261. The number of rotatable bonds is 2. The largest absolute Gasteiger partial charge is 0.446 e. The van der Waals surface area contributed by atoms with Crippen LogP contribution >= 0.6 is 15.9 Å². The second-order valence-electron chi connectivity index (χ2n) is 8.34. The maximum atomic E-state index is 13.4. The maximum absolute atomic E-state index is 13.4. The van der Waals surface area contributed by atoms with Crippen molar-refractivity contribution in [3.8, 4) is 23.2 Å². The molecule has 0 radical (unpaired) electrons. The van der Waals surface area contributed by atoms with Gasteiger partial charge in [0.25, 0.3) is 0 Å². The van der Waals surface area contributed by atoms with Crippen molar-refractivity contribution in [3.63, 3.8) is 0 Å². The average molecular weight is 527 g/mol. The van der Waals surface area contributed by atoms with E-state index in [9.17, 15) is 4.79 Å². The summed E-state index contributed by atoms with van der Waals surface area (Å²) in [6, 6.07) is 18.9. The van der Waals surface area contributed by atoms with Gasteiger partial charge >= 0.3 is 5.63 Å². The molecule has 170 valence electrons. The van der Waals surface area contributed by atoms with E-state index in [1.165, 1.54) is 0 Å². The van der Waals surface area contributed by atoms with Crippen molar-refractivity contribution in [1.29, 1.82) is 0 Å². The SMILES string of the molecule is Cc1ccc(C2c3c(c4ccccc4oc3=O)Oc3ncn4nc(-c5ccc(Br)o5)nc4c32)cc1. The van der Waals surface area contributed by atoms with E-state index in [0.717, 1.165) is 11.1 Å². The number of ether oxygens (including phenoxy) is 1. The molecular weight excluding hydrogens is 512 g/mol. The molecule has 35 heavy (non-hydrogen) atoms. The number of aryl methyl sites for hydroxylation is 1. The molecule has 1 aliphatic heterocycles. The Kier molecular flexibility index (Phi) is 4.25. The molecule has 9 heteroatoms. The van der Waals surface area contributed by atoms with Gasteiger partial charge in [0, 0.05) is 0 Å². The van der Waals surface area contributed by atoms with Crippen LogP contribution < -0.4 is 10.4 Å². The highest BCUT2D eigenvalue weighted by molar-refractivity contribution is 9.10. The summed E-state index contributed by atoms with van der Waals surface area (Å²) in [4.78, 5) is 22.7. The van der Waals surface area contributed by atoms with Gasteiger partial charge in [-0.1, -0.05) is 42.0 Å². The van der Waals surface area contributed by atoms with Crippen molar-refractivity contribution in [3.05, 3.63) is 104 Å². The van der Waals surface area contributed by atoms with Crippen molar-refractivity contribution in [2.45, 2.75) is 12.8 Å². The fourth-order valence-corrected chi connectivity index (χ4v) is 4.87. The van der Waals surface area contributed by atoms with Crippen LogP contribution in [0.2, 0.25) is 0 Å². The van der Waals surface area contributed by atoms with Crippen LogP contribution in [0.1, 0.15) is 28.2 Å². The van der Waals surface area contributed by atoms with Crippen LogP contribution in [-0.4, -0.2) is 19.6 Å². The van der Waals surface area contributed by atoms with Crippen molar-refractivity contribution in [1.82, 2.24) is 19.6 Å². The summed E-state index contributed by atoms with van der Waals surface area (Å²) in [5, 5.41) is 5.25. The minimum absolute atomic E-state index is 0.367. The van der Waals surface area contributed by atoms with Crippen LogP contribution in [-0.2, 0) is 0 Å². The Balaban J connectivity index is 1.55. The Hall–Kier alpha value is -4.24. The molecule has 5 heterocycles. The second kappa shape index (κ2) is 7.38. The van der Waals surface area contributed by atoms with Gasteiger partial charge in [0.05, 0.1) is 22.4 Å². The minimum Gasteiger partial charge on any atom is -0.446 e. The topological polar surface area (TPSA) is 95.7 Å². The monoisotopic (exact) mass is 526 g/mol. The van der Waals surface area contributed by atoms with Crippen molar-refractivity contribution < 1.29 is 13.6 Å². The van der Waals surface area contributed by atoms with E-state index in [4.69, 9.17) is 18.6 Å². The summed E-state index contributed by atoms with van der Waals surface area (Å²) in [6.07, 6.45) is 1.55. The predicted molar refractivity (Wildman–Crippen MR) is 131 cm³/mol. The first kappa shape index (κ1) is 20.2. The molecular formula is C26H15BrN4O4. The molecule has 1 aliphatic rings. The molecule has 0 amide bonds. The molecule has 1 atom stereocenters. The number of para-hydroxylation sites is 1. The van der Waals surface area contributed by atoms with Crippen LogP contribution in [0.15, 0.2) is 85.3 Å². The Morgan fingerprint density at radius 2 is 1.80 bits per heavy atom. The van der Waals surface area contributed by atoms with E-state index in [1.807, 2.05) is 49.4 Å². The van der Waals surface area contributed by atoms with E-state index in [-0.39, 0.29) is 0 Å². The van der Waals surface area contributed by atoms with Gasteiger partial charge in [0.1, 0.15) is 11.9 Å². The van der Waals surface area contributed by atoms with Crippen LogP contribution in [0.3, 0.4) is 0 Å². The predicted octanol–water partition coefficient (Wildman–Crippen LogP) is 5.85. The number of furan rings is 1. The maximum Gasteiger partial charge on any atom is 0.344 e. The molecule has 0 N–H and O–H groups in total. The Morgan fingerprint density at radius 1 is 0.971 bits per heavy atom. The zero-order chi connectivity index (χ0) is 23.7. The van der Waals surface area contributed by atoms with Crippen LogP contribution in [0.5, 0.6) is 11.6 Å². The molecule has 4 aromatic heterocycles. The number of fused-ring (bicyclic) bond motifs is 6. The number of benzene rings is 2. The molecule has 2 aromatic carbocycles. The third-order valence-corrected chi connectivity index (χ3v) is 6.59. The summed E-state index contributed by atoms with van der Waals surface area (Å²) >= 11 is 3.32. The molecule has 6 aromatic rings. The Morgan fingerprint density at radius 3 is 2.60 bits per heavy atom. The highest BCUT2D eigenvalue weighted by Gasteiger charge is 2.37. The van der Waals surface area contributed by atoms with Gasteiger partial charge in [-0.2, -0.15) is 0 Å². The first-order chi connectivity index (χ1) is 17.1. The van der Waals surface area contributed by atoms with Gasteiger partial charge < -0.3 is 13.6 Å². The van der Waals surface area contributed by atoms with Gasteiger partial charge in [-0.25, -0.2) is 19.3 Å².